The van der Waals surface area contributed by atoms with E-state index in [2.05, 4.69) is 11.6 Å². The number of ether oxygens (including phenoxy) is 1. The van der Waals surface area contributed by atoms with Gasteiger partial charge in [-0.25, -0.2) is 9.37 Å². The summed E-state index contributed by atoms with van der Waals surface area (Å²) in [5.41, 5.74) is 0.902. The van der Waals surface area contributed by atoms with Crippen LogP contribution in [0.4, 0.5) is 9.52 Å². The molecule has 4 rings (SSSR count). The van der Waals surface area contributed by atoms with Crippen LogP contribution in [-0.4, -0.2) is 34.2 Å². The van der Waals surface area contributed by atoms with E-state index < -0.39 is 29.3 Å². The Bertz CT molecular complexity index is 1380. The van der Waals surface area contributed by atoms with Gasteiger partial charge in [0.25, 0.3) is 5.78 Å². The summed E-state index contributed by atoms with van der Waals surface area (Å²) in [5, 5.41) is 11.2. The Morgan fingerprint density at radius 2 is 1.97 bits per heavy atom. The molecule has 0 spiro atoms. The Balaban J connectivity index is 1.93. The number of rotatable bonds is 7. The SMILES string of the molecule is C=CCOc1cccc(C2C(=C(O)c3ccc(F)cc3)C(=O)C(=O)N2c2nc(C)c(C(C)=O)s2)c1. The highest BCUT2D eigenvalue weighted by molar-refractivity contribution is 7.18. The smallest absolute Gasteiger partial charge is 0.301 e. The van der Waals surface area contributed by atoms with Crippen LogP contribution in [0.1, 0.15) is 39.5 Å². The first-order valence-corrected chi connectivity index (χ1v) is 11.4. The summed E-state index contributed by atoms with van der Waals surface area (Å²) in [6.07, 6.45) is 1.58. The van der Waals surface area contributed by atoms with E-state index in [0.717, 1.165) is 23.5 Å². The number of carbonyl (C=O) groups is 3. The summed E-state index contributed by atoms with van der Waals surface area (Å²) in [6, 6.07) is 10.6. The van der Waals surface area contributed by atoms with Crippen LogP contribution in [0.3, 0.4) is 0 Å². The number of nitrogens with zero attached hydrogens (tertiary/aromatic N) is 2. The van der Waals surface area contributed by atoms with Crippen LogP contribution in [0.5, 0.6) is 5.75 Å². The number of aryl methyl sites for hydroxylation is 1. The first-order valence-electron chi connectivity index (χ1n) is 10.6. The molecule has 0 aliphatic carbocycles. The highest BCUT2D eigenvalue weighted by atomic mass is 32.1. The second-order valence-electron chi connectivity index (χ2n) is 7.82. The normalized spacial score (nSPS) is 17.0. The summed E-state index contributed by atoms with van der Waals surface area (Å²) in [7, 11) is 0. The van der Waals surface area contributed by atoms with Crippen molar-refractivity contribution in [2.24, 2.45) is 0 Å². The molecule has 7 nitrogen and oxygen atoms in total. The molecule has 1 amide bonds. The molecule has 1 aliphatic rings. The predicted octanol–water partition coefficient (Wildman–Crippen LogP) is 4.98. The van der Waals surface area contributed by atoms with E-state index in [0.29, 0.717) is 21.9 Å². The Labute approximate surface area is 204 Å². The van der Waals surface area contributed by atoms with Gasteiger partial charge in [0.05, 0.1) is 22.2 Å². The zero-order valence-electron chi connectivity index (χ0n) is 18.9. The molecule has 2 heterocycles. The Morgan fingerprint density at radius 1 is 1.26 bits per heavy atom. The summed E-state index contributed by atoms with van der Waals surface area (Å²) >= 11 is 0.993. The highest BCUT2D eigenvalue weighted by Crippen LogP contribution is 2.44. The predicted molar refractivity (Wildman–Crippen MR) is 130 cm³/mol. The first-order chi connectivity index (χ1) is 16.7. The molecule has 9 heteroatoms. The molecule has 0 radical (unpaired) electrons. The lowest BCUT2D eigenvalue weighted by molar-refractivity contribution is -0.132. The Morgan fingerprint density at radius 3 is 2.60 bits per heavy atom. The number of benzene rings is 2. The summed E-state index contributed by atoms with van der Waals surface area (Å²) in [6.45, 7) is 6.90. The van der Waals surface area contributed by atoms with Gasteiger partial charge in [0.1, 0.15) is 23.9 Å². The van der Waals surface area contributed by atoms with Crippen molar-refractivity contribution in [2.75, 3.05) is 11.5 Å². The van der Waals surface area contributed by atoms with Crippen molar-refractivity contribution in [3.8, 4) is 5.75 Å². The van der Waals surface area contributed by atoms with Gasteiger partial charge < -0.3 is 9.84 Å². The van der Waals surface area contributed by atoms with Gasteiger partial charge in [-0.1, -0.05) is 36.1 Å². The minimum Gasteiger partial charge on any atom is -0.507 e. The fraction of sp³-hybridized carbons (Fsp3) is 0.154. The quantitative estimate of drug-likeness (QED) is 0.164. The van der Waals surface area contributed by atoms with E-state index >= 15 is 0 Å². The maximum Gasteiger partial charge on any atom is 0.301 e. The molecule has 1 unspecified atom stereocenters. The molecule has 0 saturated carbocycles. The molecule has 1 N–H and O–H groups in total. The molecule has 35 heavy (non-hydrogen) atoms. The maximum absolute atomic E-state index is 13.5. The van der Waals surface area contributed by atoms with Crippen LogP contribution in [0.25, 0.3) is 5.76 Å². The van der Waals surface area contributed by atoms with Crippen molar-refractivity contribution in [1.29, 1.82) is 0 Å². The maximum atomic E-state index is 13.5. The zero-order chi connectivity index (χ0) is 25.3. The number of Topliss-reactive ketones (excluding diaryl/α,β-unsaturated/α-hetero) is 2. The van der Waals surface area contributed by atoms with Crippen LogP contribution >= 0.6 is 11.3 Å². The molecule has 1 saturated heterocycles. The number of ketones is 2. The molecule has 1 aliphatic heterocycles. The van der Waals surface area contributed by atoms with E-state index in [1.54, 1.807) is 37.3 Å². The van der Waals surface area contributed by atoms with E-state index in [1.807, 2.05) is 0 Å². The number of hydrogen-bond donors (Lipinski definition) is 1. The van der Waals surface area contributed by atoms with Crippen LogP contribution in [0.15, 0.2) is 66.8 Å². The van der Waals surface area contributed by atoms with Gasteiger partial charge in [-0.3, -0.25) is 19.3 Å². The molecule has 3 aromatic rings. The standard InChI is InChI=1S/C26H21FN2O5S/c1-4-12-34-19-7-5-6-17(13-19)21-20(22(31)16-8-10-18(27)11-9-16)23(32)25(33)29(21)26-28-14(2)24(35-26)15(3)30/h4-11,13,21,31H,1,12H2,2-3H3. The van der Waals surface area contributed by atoms with E-state index in [1.165, 1.54) is 24.0 Å². The van der Waals surface area contributed by atoms with Crippen LogP contribution in [0.2, 0.25) is 0 Å². The van der Waals surface area contributed by atoms with Gasteiger partial charge in [-0.2, -0.15) is 0 Å². The molecule has 1 aromatic heterocycles. The lowest BCUT2D eigenvalue weighted by Crippen LogP contribution is -2.29. The van der Waals surface area contributed by atoms with Gasteiger partial charge in [0.15, 0.2) is 10.9 Å². The fourth-order valence-corrected chi connectivity index (χ4v) is 4.84. The summed E-state index contributed by atoms with van der Waals surface area (Å²) in [4.78, 5) is 44.4. The number of aliphatic hydroxyl groups is 1. The van der Waals surface area contributed by atoms with E-state index in [4.69, 9.17) is 4.74 Å². The monoisotopic (exact) mass is 492 g/mol. The second-order valence-corrected chi connectivity index (χ2v) is 8.79. The number of carbonyl (C=O) groups excluding carboxylic acids is 3. The van der Waals surface area contributed by atoms with Crippen molar-refractivity contribution in [1.82, 2.24) is 4.98 Å². The average Bonchev–Trinajstić information content (AvgIpc) is 3.35. The minimum absolute atomic E-state index is 0.148. The second kappa shape index (κ2) is 9.63. The van der Waals surface area contributed by atoms with Gasteiger partial charge >= 0.3 is 5.91 Å². The number of aromatic nitrogens is 1. The van der Waals surface area contributed by atoms with Crippen molar-refractivity contribution in [3.05, 3.63) is 94.3 Å². The average molecular weight is 493 g/mol. The van der Waals surface area contributed by atoms with Crippen LogP contribution < -0.4 is 9.64 Å². The summed E-state index contributed by atoms with van der Waals surface area (Å²) in [5.74, 6) is -2.54. The summed E-state index contributed by atoms with van der Waals surface area (Å²) < 4.78 is 19.1. The van der Waals surface area contributed by atoms with Gasteiger partial charge in [0.2, 0.25) is 0 Å². The third kappa shape index (κ3) is 4.50. The van der Waals surface area contributed by atoms with E-state index in [9.17, 15) is 23.9 Å². The first kappa shape index (κ1) is 24.0. The van der Waals surface area contributed by atoms with Crippen LogP contribution in [-0.2, 0) is 9.59 Å². The topological polar surface area (TPSA) is 96.8 Å². The highest BCUT2D eigenvalue weighted by Gasteiger charge is 2.48. The molecule has 178 valence electrons. The minimum atomic E-state index is -1.06. The molecular formula is C26H21FN2O5S. The van der Waals surface area contributed by atoms with E-state index in [-0.39, 0.29) is 28.7 Å². The molecule has 1 atom stereocenters. The number of amides is 1. The largest absolute Gasteiger partial charge is 0.507 e. The Kier molecular flexibility index (Phi) is 6.61. The molecule has 0 bridgehead atoms. The number of halogens is 1. The number of thiazole rings is 1. The number of aliphatic hydroxyl groups excluding tert-OH is 1. The number of anilines is 1. The third-order valence-corrected chi connectivity index (χ3v) is 6.67. The van der Waals surface area contributed by atoms with Gasteiger partial charge in [-0.05, 0) is 48.9 Å². The fourth-order valence-electron chi connectivity index (χ4n) is 3.85. The zero-order valence-corrected chi connectivity index (χ0v) is 19.8. The number of hydrogen-bond acceptors (Lipinski definition) is 7. The van der Waals surface area contributed by atoms with Crippen molar-refractivity contribution in [3.63, 3.8) is 0 Å². The lowest BCUT2D eigenvalue weighted by atomic mass is 9.95. The van der Waals surface area contributed by atoms with Crippen molar-refractivity contribution >= 4 is 39.7 Å². The van der Waals surface area contributed by atoms with Gasteiger partial charge in [0, 0.05) is 12.5 Å². The van der Waals surface area contributed by atoms with Gasteiger partial charge in [-0.15, -0.1) is 0 Å². The van der Waals surface area contributed by atoms with Crippen molar-refractivity contribution in [2.45, 2.75) is 19.9 Å². The third-order valence-electron chi connectivity index (χ3n) is 5.41. The van der Waals surface area contributed by atoms with Crippen LogP contribution in [0, 0.1) is 12.7 Å². The molecule has 1 fully saturated rings. The Hall–Kier alpha value is -4.11. The molecular weight excluding hydrogens is 471 g/mol. The van der Waals surface area contributed by atoms with Crippen molar-refractivity contribution < 1.29 is 28.6 Å². The molecule has 2 aromatic carbocycles. The lowest BCUT2D eigenvalue weighted by Gasteiger charge is -2.23.